The van der Waals surface area contributed by atoms with Crippen molar-refractivity contribution in [3.8, 4) is 0 Å². The summed E-state index contributed by atoms with van der Waals surface area (Å²) in [6, 6.07) is 5.20. The Bertz CT molecular complexity index is 734. The minimum atomic E-state index is -1.01. The van der Waals surface area contributed by atoms with E-state index in [1.807, 2.05) is 17.8 Å². The zero-order valence-electron chi connectivity index (χ0n) is 11.8. The van der Waals surface area contributed by atoms with Crippen molar-refractivity contribution < 1.29 is 9.90 Å². The van der Waals surface area contributed by atoms with Gasteiger partial charge < -0.3 is 10.1 Å². The van der Waals surface area contributed by atoms with E-state index in [9.17, 15) is 14.7 Å². The first-order chi connectivity index (χ1) is 10.1. The number of carboxylic acid groups (broad SMARTS) is 1. The third-order valence-electron chi connectivity index (χ3n) is 4.28. The van der Waals surface area contributed by atoms with E-state index >= 15 is 0 Å². The zero-order valence-corrected chi connectivity index (χ0v) is 12.7. The number of aromatic amines is 1. The summed E-state index contributed by atoms with van der Waals surface area (Å²) < 4.78 is 1.75. The molecule has 0 radical (unpaired) electrons. The van der Waals surface area contributed by atoms with E-state index in [2.05, 4.69) is 11.2 Å². The number of hydrogen-bond donors (Lipinski definition) is 2. The number of rotatable bonds is 3. The smallest absolute Gasteiger partial charge is 0.337 e. The van der Waals surface area contributed by atoms with Crippen molar-refractivity contribution in [1.82, 2.24) is 9.55 Å². The summed E-state index contributed by atoms with van der Waals surface area (Å²) in [5.41, 5.74) is 1.08. The van der Waals surface area contributed by atoms with Crippen LogP contribution in [0, 0.1) is 0 Å². The summed E-state index contributed by atoms with van der Waals surface area (Å²) >= 11 is 1.85. The minimum Gasteiger partial charge on any atom is -0.478 e. The van der Waals surface area contributed by atoms with Crippen LogP contribution in [0.5, 0.6) is 0 Å². The van der Waals surface area contributed by atoms with Crippen LogP contribution in [0.25, 0.3) is 11.0 Å². The molecule has 0 spiro atoms. The summed E-state index contributed by atoms with van der Waals surface area (Å²) in [4.78, 5) is 26.3. The van der Waals surface area contributed by atoms with Crippen molar-refractivity contribution in [3.05, 3.63) is 34.2 Å². The number of nitrogens with zero attached hydrogens (tertiary/aromatic N) is 1. The van der Waals surface area contributed by atoms with E-state index < -0.39 is 5.97 Å². The van der Waals surface area contributed by atoms with E-state index in [0.29, 0.717) is 16.3 Å². The first-order valence-corrected chi connectivity index (χ1v) is 8.40. The molecule has 0 saturated heterocycles. The molecule has 2 N–H and O–H groups in total. The van der Waals surface area contributed by atoms with Gasteiger partial charge in [-0.05, 0) is 37.7 Å². The Labute approximate surface area is 126 Å². The zero-order chi connectivity index (χ0) is 15.0. The molecule has 1 aliphatic rings. The van der Waals surface area contributed by atoms with Crippen LogP contribution < -0.4 is 5.69 Å². The van der Waals surface area contributed by atoms with Gasteiger partial charge in [-0.25, -0.2) is 9.59 Å². The number of H-pyrrole nitrogens is 1. The Kier molecular flexibility index (Phi) is 3.80. The number of aromatic carboxylic acids is 1. The Balaban J connectivity index is 2.11. The predicted molar refractivity (Wildman–Crippen MR) is 84.3 cm³/mol. The second-order valence-corrected chi connectivity index (χ2v) is 6.62. The largest absolute Gasteiger partial charge is 0.478 e. The van der Waals surface area contributed by atoms with Crippen molar-refractivity contribution >= 4 is 28.8 Å². The second kappa shape index (κ2) is 5.60. The number of nitrogens with one attached hydrogen (secondary N) is 1. The summed E-state index contributed by atoms with van der Waals surface area (Å²) in [5, 5.41) is 9.81. The van der Waals surface area contributed by atoms with Crippen molar-refractivity contribution in [2.45, 2.75) is 37.0 Å². The third-order valence-corrected chi connectivity index (χ3v) is 5.37. The molecule has 6 heteroatoms. The lowest BCUT2D eigenvalue weighted by molar-refractivity contribution is 0.0699. The molecular weight excluding hydrogens is 288 g/mol. The summed E-state index contributed by atoms with van der Waals surface area (Å²) in [6.07, 6.45) is 6.34. The highest BCUT2D eigenvalue weighted by molar-refractivity contribution is 7.99. The standard InChI is InChI=1S/C15H18N2O3S/c1-21-10-5-2-4-9(8-10)17-12-7-3-6-11(14(18)19)13(12)16-15(17)20/h3,6-7,9-10H,2,4-5,8H2,1H3,(H,16,20)(H,18,19). The van der Waals surface area contributed by atoms with E-state index in [-0.39, 0.29) is 17.3 Å². The molecular formula is C15H18N2O3S. The van der Waals surface area contributed by atoms with Crippen LogP contribution in [0.4, 0.5) is 0 Å². The van der Waals surface area contributed by atoms with Gasteiger partial charge in [-0.1, -0.05) is 12.5 Å². The summed E-state index contributed by atoms with van der Waals surface area (Å²) in [7, 11) is 0. The number of carboxylic acids is 1. The maximum absolute atomic E-state index is 12.3. The van der Waals surface area contributed by atoms with E-state index in [1.54, 1.807) is 10.6 Å². The maximum atomic E-state index is 12.3. The molecule has 2 aromatic rings. The average Bonchev–Trinajstić information content (AvgIpc) is 2.82. The SMILES string of the molecule is CSC1CCCC(n2c(=O)[nH]c3c(C(=O)O)cccc32)C1. The van der Waals surface area contributed by atoms with Crippen molar-refractivity contribution in [2.24, 2.45) is 0 Å². The fourth-order valence-corrected chi connectivity index (χ4v) is 4.08. The highest BCUT2D eigenvalue weighted by Gasteiger charge is 2.26. The Morgan fingerprint density at radius 1 is 1.43 bits per heavy atom. The topological polar surface area (TPSA) is 75.1 Å². The molecule has 0 bridgehead atoms. The Morgan fingerprint density at radius 3 is 2.95 bits per heavy atom. The van der Waals surface area contributed by atoms with Crippen LogP contribution in [0.2, 0.25) is 0 Å². The van der Waals surface area contributed by atoms with Gasteiger partial charge in [0.1, 0.15) is 0 Å². The second-order valence-electron chi connectivity index (χ2n) is 5.48. The molecule has 0 amide bonds. The first-order valence-electron chi connectivity index (χ1n) is 7.11. The number of para-hydroxylation sites is 1. The summed E-state index contributed by atoms with van der Waals surface area (Å²) in [6.45, 7) is 0. The van der Waals surface area contributed by atoms with E-state index in [4.69, 9.17) is 0 Å². The molecule has 1 aromatic heterocycles. The maximum Gasteiger partial charge on any atom is 0.337 e. The molecule has 1 saturated carbocycles. The molecule has 2 unspecified atom stereocenters. The van der Waals surface area contributed by atoms with Crippen LogP contribution >= 0.6 is 11.8 Å². The van der Waals surface area contributed by atoms with Crippen LogP contribution in [-0.2, 0) is 0 Å². The number of fused-ring (bicyclic) bond motifs is 1. The van der Waals surface area contributed by atoms with Gasteiger partial charge in [-0.2, -0.15) is 11.8 Å². The van der Waals surface area contributed by atoms with Crippen molar-refractivity contribution in [3.63, 3.8) is 0 Å². The van der Waals surface area contributed by atoms with Gasteiger partial charge in [0.25, 0.3) is 0 Å². The highest BCUT2D eigenvalue weighted by Crippen LogP contribution is 2.35. The lowest BCUT2D eigenvalue weighted by atomic mass is 9.94. The van der Waals surface area contributed by atoms with E-state index in [1.165, 1.54) is 12.5 Å². The van der Waals surface area contributed by atoms with Gasteiger partial charge in [-0.15, -0.1) is 0 Å². The molecule has 1 aromatic carbocycles. The van der Waals surface area contributed by atoms with Crippen LogP contribution in [-0.4, -0.2) is 32.1 Å². The minimum absolute atomic E-state index is 0.153. The van der Waals surface area contributed by atoms with Gasteiger partial charge in [0.05, 0.1) is 16.6 Å². The molecule has 1 fully saturated rings. The third kappa shape index (κ3) is 2.48. The average molecular weight is 306 g/mol. The van der Waals surface area contributed by atoms with Crippen molar-refractivity contribution in [2.75, 3.05) is 6.26 Å². The number of benzene rings is 1. The first kappa shape index (κ1) is 14.3. The Morgan fingerprint density at radius 2 is 2.24 bits per heavy atom. The lowest BCUT2D eigenvalue weighted by Gasteiger charge is -2.28. The lowest BCUT2D eigenvalue weighted by Crippen LogP contribution is -2.27. The number of thioether (sulfide) groups is 1. The van der Waals surface area contributed by atoms with Crippen LogP contribution in [0.15, 0.2) is 23.0 Å². The molecule has 5 nitrogen and oxygen atoms in total. The fraction of sp³-hybridized carbons (Fsp3) is 0.467. The number of hydrogen-bond acceptors (Lipinski definition) is 3. The molecule has 2 atom stereocenters. The number of carbonyl (C=O) groups is 1. The van der Waals surface area contributed by atoms with Crippen molar-refractivity contribution in [1.29, 1.82) is 0 Å². The number of imidazole rings is 1. The molecule has 112 valence electrons. The van der Waals surface area contributed by atoms with Gasteiger partial charge in [-0.3, -0.25) is 4.57 Å². The molecule has 0 aliphatic heterocycles. The molecule has 3 rings (SSSR count). The van der Waals surface area contributed by atoms with E-state index in [0.717, 1.165) is 19.3 Å². The van der Waals surface area contributed by atoms with Crippen LogP contribution in [0.3, 0.4) is 0 Å². The quantitative estimate of drug-likeness (QED) is 0.914. The molecule has 1 aliphatic carbocycles. The normalized spacial score (nSPS) is 22.5. The predicted octanol–water partition coefficient (Wildman–Crippen LogP) is 2.87. The summed E-state index contributed by atoms with van der Waals surface area (Å²) in [5.74, 6) is -1.01. The van der Waals surface area contributed by atoms with Gasteiger partial charge in [0.15, 0.2) is 0 Å². The van der Waals surface area contributed by atoms with Gasteiger partial charge >= 0.3 is 11.7 Å². The Hall–Kier alpha value is -1.69. The van der Waals surface area contributed by atoms with Gasteiger partial charge in [0.2, 0.25) is 0 Å². The van der Waals surface area contributed by atoms with Gasteiger partial charge in [0, 0.05) is 11.3 Å². The highest BCUT2D eigenvalue weighted by atomic mass is 32.2. The monoisotopic (exact) mass is 306 g/mol. The molecule has 1 heterocycles. The number of aromatic nitrogens is 2. The van der Waals surface area contributed by atoms with Crippen LogP contribution in [0.1, 0.15) is 42.1 Å². The fourth-order valence-electron chi connectivity index (χ4n) is 3.26. The molecule has 21 heavy (non-hydrogen) atoms.